The van der Waals surface area contributed by atoms with E-state index in [4.69, 9.17) is 9.84 Å². The SMILES string of the molecule is O=C(O)C=Cc1ccsc1COc1cccc(F)c1. The molecular formula is C14H11FO3S. The Kier molecular flexibility index (Phi) is 4.30. The molecular weight excluding hydrogens is 267 g/mol. The molecule has 1 heterocycles. The summed E-state index contributed by atoms with van der Waals surface area (Å²) in [6, 6.07) is 7.71. The summed E-state index contributed by atoms with van der Waals surface area (Å²) >= 11 is 1.46. The molecule has 0 saturated carbocycles. The number of halogens is 1. The van der Waals surface area contributed by atoms with Gasteiger partial charge in [0.15, 0.2) is 0 Å². The normalized spacial score (nSPS) is 10.8. The fourth-order valence-electron chi connectivity index (χ4n) is 1.48. The highest BCUT2D eigenvalue weighted by Crippen LogP contribution is 2.21. The number of carbonyl (C=O) groups is 1. The van der Waals surface area contributed by atoms with Crippen LogP contribution in [0.25, 0.3) is 6.08 Å². The third kappa shape index (κ3) is 3.93. The summed E-state index contributed by atoms with van der Waals surface area (Å²) in [5, 5.41) is 10.4. The molecule has 0 saturated heterocycles. The Morgan fingerprint density at radius 3 is 3.00 bits per heavy atom. The van der Waals surface area contributed by atoms with E-state index in [0.717, 1.165) is 16.5 Å². The second-order valence-corrected chi connectivity index (χ2v) is 4.72. The molecule has 0 amide bonds. The maximum atomic E-state index is 13.0. The Morgan fingerprint density at radius 1 is 1.42 bits per heavy atom. The average molecular weight is 278 g/mol. The van der Waals surface area contributed by atoms with Gasteiger partial charge in [-0.15, -0.1) is 11.3 Å². The topological polar surface area (TPSA) is 46.5 Å². The van der Waals surface area contributed by atoms with Crippen LogP contribution in [0.4, 0.5) is 4.39 Å². The van der Waals surface area contributed by atoms with Crippen molar-refractivity contribution in [1.29, 1.82) is 0 Å². The molecule has 1 aromatic carbocycles. The Bertz CT molecular complexity index is 604. The first kappa shape index (κ1) is 13.3. The highest BCUT2D eigenvalue weighted by molar-refractivity contribution is 7.10. The van der Waals surface area contributed by atoms with Gasteiger partial charge in [-0.1, -0.05) is 6.07 Å². The van der Waals surface area contributed by atoms with E-state index in [0.29, 0.717) is 5.75 Å². The standard InChI is InChI=1S/C14H11FO3S/c15-11-2-1-3-12(8-11)18-9-13-10(6-7-19-13)4-5-14(16)17/h1-8H,9H2,(H,16,17). The number of thiophene rings is 1. The molecule has 0 aliphatic heterocycles. The lowest BCUT2D eigenvalue weighted by molar-refractivity contribution is -0.131. The van der Waals surface area contributed by atoms with Crippen LogP contribution in [-0.2, 0) is 11.4 Å². The summed E-state index contributed by atoms with van der Waals surface area (Å²) < 4.78 is 18.4. The molecule has 0 radical (unpaired) electrons. The number of rotatable bonds is 5. The molecule has 0 bridgehead atoms. The zero-order valence-electron chi connectivity index (χ0n) is 9.88. The van der Waals surface area contributed by atoms with Crippen LogP contribution in [0.5, 0.6) is 5.75 Å². The van der Waals surface area contributed by atoms with Crippen molar-refractivity contribution in [2.45, 2.75) is 6.61 Å². The van der Waals surface area contributed by atoms with Crippen LogP contribution in [0.2, 0.25) is 0 Å². The molecule has 5 heteroatoms. The van der Waals surface area contributed by atoms with Gasteiger partial charge in [-0.05, 0) is 35.2 Å². The monoisotopic (exact) mass is 278 g/mol. The van der Waals surface area contributed by atoms with Gasteiger partial charge in [-0.25, -0.2) is 9.18 Å². The van der Waals surface area contributed by atoms with E-state index in [2.05, 4.69) is 0 Å². The molecule has 0 spiro atoms. The van der Waals surface area contributed by atoms with Crippen LogP contribution in [0.3, 0.4) is 0 Å². The van der Waals surface area contributed by atoms with Crippen LogP contribution in [0, 0.1) is 5.82 Å². The second-order valence-electron chi connectivity index (χ2n) is 3.72. The number of hydrogen-bond acceptors (Lipinski definition) is 3. The Balaban J connectivity index is 2.04. The molecule has 1 N–H and O–H groups in total. The van der Waals surface area contributed by atoms with Gasteiger partial charge in [0.2, 0.25) is 0 Å². The number of carboxylic acids is 1. The van der Waals surface area contributed by atoms with Gasteiger partial charge in [0.25, 0.3) is 0 Å². The second kappa shape index (κ2) is 6.15. The largest absolute Gasteiger partial charge is 0.488 e. The van der Waals surface area contributed by atoms with Crippen molar-refractivity contribution in [2.75, 3.05) is 0 Å². The van der Waals surface area contributed by atoms with Crippen molar-refractivity contribution in [1.82, 2.24) is 0 Å². The van der Waals surface area contributed by atoms with Gasteiger partial charge in [0.05, 0.1) is 0 Å². The lowest BCUT2D eigenvalue weighted by Crippen LogP contribution is -1.95. The van der Waals surface area contributed by atoms with Gasteiger partial charge in [0, 0.05) is 17.0 Å². The zero-order chi connectivity index (χ0) is 13.7. The van der Waals surface area contributed by atoms with Crippen LogP contribution < -0.4 is 4.74 Å². The van der Waals surface area contributed by atoms with E-state index >= 15 is 0 Å². The van der Waals surface area contributed by atoms with Gasteiger partial charge in [-0.2, -0.15) is 0 Å². The maximum absolute atomic E-state index is 13.0. The number of ether oxygens (including phenoxy) is 1. The van der Waals surface area contributed by atoms with Crippen molar-refractivity contribution in [2.24, 2.45) is 0 Å². The lowest BCUT2D eigenvalue weighted by atomic mass is 10.2. The highest BCUT2D eigenvalue weighted by Gasteiger charge is 2.04. The first-order chi connectivity index (χ1) is 9.15. The summed E-state index contributed by atoms with van der Waals surface area (Å²) in [7, 11) is 0. The van der Waals surface area contributed by atoms with E-state index in [9.17, 15) is 9.18 Å². The van der Waals surface area contributed by atoms with E-state index < -0.39 is 5.97 Å². The molecule has 0 unspecified atom stereocenters. The molecule has 2 rings (SSSR count). The van der Waals surface area contributed by atoms with Crippen molar-refractivity contribution in [3.05, 3.63) is 58.0 Å². The first-order valence-corrected chi connectivity index (χ1v) is 6.39. The van der Waals surface area contributed by atoms with E-state index in [1.54, 1.807) is 12.1 Å². The highest BCUT2D eigenvalue weighted by atomic mass is 32.1. The van der Waals surface area contributed by atoms with E-state index in [-0.39, 0.29) is 12.4 Å². The summed E-state index contributed by atoms with van der Waals surface area (Å²) in [4.78, 5) is 11.4. The summed E-state index contributed by atoms with van der Waals surface area (Å²) in [5.74, 6) is -0.903. The fraction of sp³-hybridized carbons (Fsp3) is 0.0714. The van der Waals surface area contributed by atoms with Crippen molar-refractivity contribution in [3.8, 4) is 5.75 Å². The molecule has 0 aliphatic carbocycles. The Morgan fingerprint density at radius 2 is 2.26 bits per heavy atom. The minimum atomic E-state index is -0.997. The molecule has 2 aromatic rings. The number of hydrogen-bond donors (Lipinski definition) is 1. The van der Waals surface area contributed by atoms with Gasteiger partial charge < -0.3 is 9.84 Å². The summed E-state index contributed by atoms with van der Waals surface area (Å²) in [5.41, 5.74) is 0.795. The quantitative estimate of drug-likeness (QED) is 0.850. The summed E-state index contributed by atoms with van der Waals surface area (Å²) in [6.45, 7) is 0.278. The van der Waals surface area contributed by atoms with Crippen molar-refractivity contribution >= 4 is 23.4 Å². The first-order valence-electron chi connectivity index (χ1n) is 5.51. The summed E-state index contributed by atoms with van der Waals surface area (Å²) in [6.07, 6.45) is 2.59. The minimum absolute atomic E-state index is 0.278. The Labute approximate surface area is 113 Å². The van der Waals surface area contributed by atoms with Crippen molar-refractivity contribution < 1.29 is 19.0 Å². The molecule has 19 heavy (non-hydrogen) atoms. The molecule has 3 nitrogen and oxygen atoms in total. The molecule has 1 aromatic heterocycles. The predicted octanol–water partition coefficient (Wildman–Crippen LogP) is 3.56. The Hall–Kier alpha value is -2.14. The van der Waals surface area contributed by atoms with Gasteiger partial charge in [0.1, 0.15) is 18.2 Å². The molecule has 0 atom stereocenters. The number of aliphatic carboxylic acids is 1. The average Bonchev–Trinajstić information content (AvgIpc) is 2.81. The zero-order valence-corrected chi connectivity index (χ0v) is 10.7. The number of benzene rings is 1. The van der Waals surface area contributed by atoms with Crippen LogP contribution in [0.15, 0.2) is 41.8 Å². The van der Waals surface area contributed by atoms with Gasteiger partial charge >= 0.3 is 5.97 Å². The van der Waals surface area contributed by atoms with E-state index in [1.807, 2.05) is 11.4 Å². The van der Waals surface area contributed by atoms with Crippen molar-refractivity contribution in [3.63, 3.8) is 0 Å². The lowest BCUT2D eigenvalue weighted by Gasteiger charge is -2.05. The smallest absolute Gasteiger partial charge is 0.328 e. The van der Waals surface area contributed by atoms with E-state index in [1.165, 1.54) is 29.5 Å². The predicted molar refractivity (Wildman–Crippen MR) is 71.7 cm³/mol. The fourth-order valence-corrected chi connectivity index (χ4v) is 2.26. The molecule has 98 valence electrons. The molecule has 0 fully saturated rings. The number of carboxylic acid groups (broad SMARTS) is 1. The minimum Gasteiger partial charge on any atom is -0.488 e. The van der Waals surface area contributed by atoms with Crippen LogP contribution >= 0.6 is 11.3 Å². The van der Waals surface area contributed by atoms with Gasteiger partial charge in [-0.3, -0.25) is 0 Å². The maximum Gasteiger partial charge on any atom is 0.328 e. The third-order valence-corrected chi connectivity index (χ3v) is 3.26. The third-order valence-electron chi connectivity index (χ3n) is 2.35. The van der Waals surface area contributed by atoms with Crippen LogP contribution in [0.1, 0.15) is 10.4 Å². The molecule has 0 aliphatic rings. The van der Waals surface area contributed by atoms with Crippen LogP contribution in [-0.4, -0.2) is 11.1 Å².